The quantitative estimate of drug-likeness (QED) is 0.563. The summed E-state index contributed by atoms with van der Waals surface area (Å²) < 4.78 is 10.9. The van der Waals surface area contributed by atoms with Crippen LogP contribution in [0.2, 0.25) is 0 Å². The van der Waals surface area contributed by atoms with Crippen molar-refractivity contribution in [1.29, 1.82) is 0 Å². The molecule has 2 rings (SSSR count). The Labute approximate surface area is 107 Å². The summed E-state index contributed by atoms with van der Waals surface area (Å²) in [4.78, 5) is 0. The molecule has 18 heavy (non-hydrogen) atoms. The molecule has 0 N–H and O–H groups in total. The van der Waals surface area contributed by atoms with Gasteiger partial charge in [0.2, 0.25) is 0 Å². The molecule has 92 valence electrons. The summed E-state index contributed by atoms with van der Waals surface area (Å²) in [6.45, 7) is 4.52. The molecule has 0 saturated heterocycles. The molecule has 2 aromatic carbocycles. The Morgan fingerprint density at radius 1 is 0.944 bits per heavy atom. The molecule has 0 radical (unpaired) electrons. The van der Waals surface area contributed by atoms with Gasteiger partial charge in [-0.1, -0.05) is 55.1 Å². The summed E-state index contributed by atoms with van der Waals surface area (Å²) in [5.41, 5.74) is 2.22. The maximum absolute atomic E-state index is 5.47. The van der Waals surface area contributed by atoms with Crippen molar-refractivity contribution < 1.29 is 9.47 Å². The smallest absolute Gasteiger partial charge is 0.189 e. The molecule has 0 aliphatic carbocycles. The highest BCUT2D eigenvalue weighted by Gasteiger charge is 1.94. The molecular weight excluding hydrogens is 224 g/mol. The highest BCUT2D eigenvalue weighted by Crippen LogP contribution is 2.12. The Morgan fingerprint density at radius 3 is 2.33 bits per heavy atom. The summed E-state index contributed by atoms with van der Waals surface area (Å²) in [5, 5.41) is 0. The van der Waals surface area contributed by atoms with Gasteiger partial charge in [-0.25, -0.2) is 0 Å². The molecule has 2 aromatic rings. The van der Waals surface area contributed by atoms with Crippen LogP contribution in [0.15, 0.2) is 61.2 Å². The van der Waals surface area contributed by atoms with E-state index >= 15 is 0 Å². The van der Waals surface area contributed by atoms with Gasteiger partial charge in [0.05, 0.1) is 6.61 Å². The van der Waals surface area contributed by atoms with Crippen LogP contribution in [0.4, 0.5) is 0 Å². The van der Waals surface area contributed by atoms with Crippen LogP contribution in [0, 0.1) is 0 Å². The Balaban J connectivity index is 1.73. The Bertz CT molecular complexity index is 474. The predicted octanol–water partition coefficient (Wildman–Crippen LogP) is 3.88. The van der Waals surface area contributed by atoms with Crippen LogP contribution >= 0.6 is 0 Å². The van der Waals surface area contributed by atoms with Gasteiger partial charge in [-0.15, -0.1) is 0 Å². The fourth-order valence-electron chi connectivity index (χ4n) is 1.54. The summed E-state index contributed by atoms with van der Waals surface area (Å²) in [6.07, 6.45) is 1.80. The van der Waals surface area contributed by atoms with Crippen LogP contribution < -0.4 is 4.74 Å². The average Bonchev–Trinajstić information content (AvgIpc) is 2.45. The van der Waals surface area contributed by atoms with Crippen LogP contribution in [-0.2, 0) is 11.3 Å². The number of hydrogen-bond acceptors (Lipinski definition) is 2. The number of ether oxygens (including phenoxy) is 2. The Morgan fingerprint density at radius 2 is 1.67 bits per heavy atom. The lowest BCUT2D eigenvalue weighted by Gasteiger charge is -2.07. The van der Waals surface area contributed by atoms with Crippen molar-refractivity contribution in [2.75, 3.05) is 6.79 Å². The molecule has 2 nitrogen and oxygen atoms in total. The van der Waals surface area contributed by atoms with Crippen molar-refractivity contribution in [2.45, 2.75) is 6.61 Å². The normalized spacial score (nSPS) is 10.0. The minimum Gasteiger partial charge on any atom is -0.468 e. The van der Waals surface area contributed by atoms with E-state index in [-0.39, 0.29) is 6.79 Å². The van der Waals surface area contributed by atoms with Gasteiger partial charge in [0, 0.05) is 0 Å². The molecule has 0 saturated carbocycles. The van der Waals surface area contributed by atoms with E-state index in [9.17, 15) is 0 Å². The summed E-state index contributed by atoms with van der Waals surface area (Å²) in [7, 11) is 0. The van der Waals surface area contributed by atoms with Crippen LogP contribution in [0.1, 0.15) is 11.1 Å². The molecule has 0 fully saturated rings. The van der Waals surface area contributed by atoms with Crippen molar-refractivity contribution in [3.8, 4) is 5.75 Å². The van der Waals surface area contributed by atoms with Gasteiger partial charge in [-0.2, -0.15) is 0 Å². The monoisotopic (exact) mass is 240 g/mol. The number of hydrogen-bond donors (Lipinski definition) is 0. The van der Waals surface area contributed by atoms with E-state index in [4.69, 9.17) is 9.47 Å². The van der Waals surface area contributed by atoms with E-state index in [1.165, 1.54) is 0 Å². The minimum atomic E-state index is 0.252. The summed E-state index contributed by atoms with van der Waals surface area (Å²) in [6, 6.07) is 17.8. The van der Waals surface area contributed by atoms with Gasteiger partial charge in [-0.05, 0) is 23.3 Å². The molecule has 2 heteroatoms. The SMILES string of the molecule is C=Cc1ccc(OCOCc2ccccc2)cc1. The molecule has 0 amide bonds. The highest BCUT2D eigenvalue weighted by molar-refractivity contribution is 5.48. The third kappa shape index (κ3) is 3.75. The second kappa shape index (κ2) is 6.62. The van der Waals surface area contributed by atoms with Crippen molar-refractivity contribution in [1.82, 2.24) is 0 Å². The van der Waals surface area contributed by atoms with E-state index in [0.29, 0.717) is 6.61 Å². The third-order valence-electron chi connectivity index (χ3n) is 2.54. The zero-order chi connectivity index (χ0) is 12.6. The molecule has 0 bridgehead atoms. The summed E-state index contributed by atoms with van der Waals surface area (Å²) in [5.74, 6) is 0.800. The largest absolute Gasteiger partial charge is 0.468 e. The Kier molecular flexibility index (Phi) is 4.56. The van der Waals surface area contributed by atoms with Gasteiger partial charge in [0.1, 0.15) is 5.75 Å². The fraction of sp³-hybridized carbons (Fsp3) is 0.125. The third-order valence-corrected chi connectivity index (χ3v) is 2.54. The van der Waals surface area contributed by atoms with Gasteiger partial charge in [-0.3, -0.25) is 0 Å². The number of rotatable bonds is 6. The number of benzene rings is 2. The van der Waals surface area contributed by atoms with Crippen molar-refractivity contribution in [3.05, 3.63) is 72.3 Å². The van der Waals surface area contributed by atoms with Crippen LogP contribution in [0.25, 0.3) is 6.08 Å². The van der Waals surface area contributed by atoms with E-state index in [0.717, 1.165) is 16.9 Å². The van der Waals surface area contributed by atoms with Gasteiger partial charge in [0.15, 0.2) is 6.79 Å². The standard InChI is InChI=1S/C16H16O2/c1-2-14-8-10-16(11-9-14)18-13-17-12-15-6-4-3-5-7-15/h2-11H,1,12-13H2. The molecule has 0 atom stereocenters. The maximum atomic E-state index is 5.47. The average molecular weight is 240 g/mol. The maximum Gasteiger partial charge on any atom is 0.189 e. The lowest BCUT2D eigenvalue weighted by atomic mass is 10.2. The highest BCUT2D eigenvalue weighted by atomic mass is 16.7. The lowest BCUT2D eigenvalue weighted by Crippen LogP contribution is -2.02. The molecule has 0 aliphatic rings. The van der Waals surface area contributed by atoms with Crippen molar-refractivity contribution in [3.63, 3.8) is 0 Å². The first-order valence-electron chi connectivity index (χ1n) is 5.85. The van der Waals surface area contributed by atoms with Crippen molar-refractivity contribution >= 4 is 6.08 Å². The second-order valence-electron chi connectivity index (χ2n) is 3.87. The molecular formula is C16H16O2. The molecule has 0 aliphatic heterocycles. The first-order valence-corrected chi connectivity index (χ1v) is 5.85. The fourth-order valence-corrected chi connectivity index (χ4v) is 1.54. The van der Waals surface area contributed by atoms with Gasteiger partial charge < -0.3 is 9.47 Å². The molecule has 0 aromatic heterocycles. The van der Waals surface area contributed by atoms with E-state index in [1.54, 1.807) is 6.08 Å². The first-order chi connectivity index (χ1) is 8.88. The van der Waals surface area contributed by atoms with Crippen LogP contribution in [0.5, 0.6) is 5.75 Å². The molecule has 0 spiro atoms. The summed E-state index contributed by atoms with van der Waals surface area (Å²) >= 11 is 0. The van der Waals surface area contributed by atoms with E-state index < -0.39 is 0 Å². The molecule has 0 heterocycles. The Hall–Kier alpha value is -2.06. The van der Waals surface area contributed by atoms with Crippen LogP contribution in [-0.4, -0.2) is 6.79 Å². The zero-order valence-corrected chi connectivity index (χ0v) is 10.2. The predicted molar refractivity (Wildman–Crippen MR) is 73.3 cm³/mol. The molecule has 0 unspecified atom stereocenters. The van der Waals surface area contributed by atoms with Gasteiger partial charge in [0.25, 0.3) is 0 Å². The van der Waals surface area contributed by atoms with Gasteiger partial charge >= 0.3 is 0 Å². The van der Waals surface area contributed by atoms with Crippen LogP contribution in [0.3, 0.4) is 0 Å². The van der Waals surface area contributed by atoms with E-state index in [1.807, 2.05) is 54.6 Å². The van der Waals surface area contributed by atoms with E-state index in [2.05, 4.69) is 6.58 Å². The first kappa shape index (κ1) is 12.4. The minimum absolute atomic E-state index is 0.252. The topological polar surface area (TPSA) is 18.5 Å². The second-order valence-corrected chi connectivity index (χ2v) is 3.87. The zero-order valence-electron chi connectivity index (χ0n) is 10.2. The lowest BCUT2D eigenvalue weighted by molar-refractivity contribution is 0.00505. The van der Waals surface area contributed by atoms with Crippen molar-refractivity contribution in [2.24, 2.45) is 0 Å².